The van der Waals surface area contributed by atoms with E-state index in [0.717, 1.165) is 51.4 Å². The molecule has 13 heteroatoms. The molecule has 0 bridgehead atoms. The van der Waals surface area contributed by atoms with Crippen LogP contribution in [0.1, 0.15) is 102 Å². The third-order valence-electron chi connectivity index (χ3n) is 10.4. The Morgan fingerprint density at radius 1 is 0.959 bits per heavy atom. The fourth-order valence-electron chi connectivity index (χ4n) is 7.53. The number of carbonyl (C=O) groups excluding carboxylic acids is 6. The topological polar surface area (TPSA) is 179 Å². The van der Waals surface area contributed by atoms with Crippen LogP contribution in [0.25, 0.3) is 0 Å². The van der Waals surface area contributed by atoms with Crippen LogP contribution in [0.4, 0.5) is 0 Å². The van der Waals surface area contributed by atoms with Crippen LogP contribution in [0.15, 0.2) is 24.4 Å². The number of rotatable bonds is 13. The minimum atomic E-state index is -1.01. The Labute approximate surface area is 288 Å². The van der Waals surface area contributed by atoms with Gasteiger partial charge in [0, 0.05) is 24.8 Å². The number of aromatic nitrogens is 1. The van der Waals surface area contributed by atoms with Crippen LogP contribution in [0.3, 0.4) is 0 Å². The van der Waals surface area contributed by atoms with E-state index in [1.54, 1.807) is 18.2 Å². The van der Waals surface area contributed by atoms with E-state index < -0.39 is 64.9 Å². The van der Waals surface area contributed by atoms with Crippen LogP contribution in [0.5, 0.6) is 0 Å². The lowest BCUT2D eigenvalue weighted by molar-refractivity contribution is -0.145. The standard InChI is InChI=1S/C36H53N7O6/c1-5-11-24(29(44)34(48)39-23-15-16-23)40-33(47)28-26-22(17-19-38-26)20-43(28)35(49)30(36(2,3)4)42-32(46)27(21-12-7-6-8-13-21)41-31(45)25-14-9-10-18-37-25/h9-10,14,18,21-24,26-28,30,38H,5-8,11-13,15-17,19-20H2,1-4H3,(H,39,48)(H,40,47)(H,41,45)(H,42,46)/t22-,24-,26-,27-,28-,30+/m0/s1. The Hall–Kier alpha value is -3.87. The monoisotopic (exact) mass is 679 g/mol. The molecule has 0 radical (unpaired) electrons. The Morgan fingerprint density at radius 3 is 2.33 bits per heavy atom. The molecule has 2 aliphatic carbocycles. The minimum absolute atomic E-state index is 0.00592. The third-order valence-corrected chi connectivity index (χ3v) is 10.4. The Kier molecular flexibility index (Phi) is 11.7. The second-order valence-electron chi connectivity index (χ2n) is 15.3. The number of carbonyl (C=O) groups is 6. The summed E-state index contributed by atoms with van der Waals surface area (Å²) < 4.78 is 0. The van der Waals surface area contributed by atoms with Crippen molar-refractivity contribution < 1.29 is 28.8 Å². The largest absolute Gasteiger partial charge is 0.347 e. The van der Waals surface area contributed by atoms with Gasteiger partial charge in [0.05, 0.1) is 6.04 Å². The van der Waals surface area contributed by atoms with E-state index in [9.17, 15) is 28.8 Å². The van der Waals surface area contributed by atoms with Gasteiger partial charge >= 0.3 is 0 Å². The molecule has 1 aromatic heterocycles. The summed E-state index contributed by atoms with van der Waals surface area (Å²) in [6, 6.07) is 0.876. The average molecular weight is 680 g/mol. The lowest BCUT2D eigenvalue weighted by atomic mass is 9.82. The molecule has 4 fully saturated rings. The average Bonchev–Trinajstić information content (AvgIpc) is 3.65. The van der Waals surface area contributed by atoms with Crippen molar-refractivity contribution in [2.45, 2.75) is 128 Å². The second kappa shape index (κ2) is 15.8. The number of fused-ring (bicyclic) bond motifs is 1. The fraction of sp³-hybridized carbons (Fsp3) is 0.694. The molecule has 0 aromatic carbocycles. The molecule has 6 atom stereocenters. The van der Waals surface area contributed by atoms with Crippen molar-refractivity contribution in [1.29, 1.82) is 0 Å². The molecule has 2 saturated carbocycles. The highest BCUT2D eigenvalue weighted by Gasteiger charge is 2.52. The van der Waals surface area contributed by atoms with Gasteiger partial charge in [-0.15, -0.1) is 0 Å². The summed E-state index contributed by atoms with van der Waals surface area (Å²) >= 11 is 0. The summed E-state index contributed by atoms with van der Waals surface area (Å²) in [5.74, 6) is -3.27. The van der Waals surface area contributed by atoms with Crippen LogP contribution >= 0.6 is 0 Å². The summed E-state index contributed by atoms with van der Waals surface area (Å²) in [6.07, 6.45) is 9.32. The fourth-order valence-corrected chi connectivity index (χ4v) is 7.53. The highest BCUT2D eigenvalue weighted by Crippen LogP contribution is 2.34. The third kappa shape index (κ3) is 8.84. The van der Waals surface area contributed by atoms with Gasteiger partial charge in [0.25, 0.3) is 11.8 Å². The van der Waals surface area contributed by atoms with Crippen molar-refractivity contribution in [3.05, 3.63) is 30.1 Å². The SMILES string of the molecule is CCC[C@H](NC(=O)[C@@H]1[C@H]2NCC[C@H]2CN1C(=O)[C@@H](NC(=O)[C@@H](NC(=O)c1ccccn1)C1CCCCC1)C(C)(C)C)C(=O)C(=O)NC1CC1. The summed E-state index contributed by atoms with van der Waals surface area (Å²) in [5.41, 5.74) is -0.544. The highest BCUT2D eigenvalue weighted by atomic mass is 16.2. The molecule has 3 heterocycles. The van der Waals surface area contributed by atoms with E-state index in [4.69, 9.17) is 0 Å². The zero-order chi connectivity index (χ0) is 35.3. The minimum Gasteiger partial charge on any atom is -0.347 e. The predicted octanol–water partition coefficient (Wildman–Crippen LogP) is 1.61. The van der Waals surface area contributed by atoms with Gasteiger partial charge in [-0.05, 0) is 74.5 Å². The van der Waals surface area contributed by atoms with Gasteiger partial charge in [-0.1, -0.05) is 59.4 Å². The van der Waals surface area contributed by atoms with E-state index in [0.29, 0.717) is 19.5 Å². The van der Waals surface area contributed by atoms with E-state index in [-0.39, 0.29) is 36.0 Å². The maximum absolute atomic E-state index is 14.6. The first-order valence-electron chi connectivity index (χ1n) is 18.1. The Bertz CT molecular complexity index is 1390. The summed E-state index contributed by atoms with van der Waals surface area (Å²) in [6.45, 7) is 8.46. The van der Waals surface area contributed by atoms with E-state index in [1.165, 1.54) is 11.1 Å². The molecule has 5 amide bonds. The highest BCUT2D eigenvalue weighted by molar-refractivity contribution is 6.38. The van der Waals surface area contributed by atoms with Gasteiger partial charge in [0.15, 0.2) is 0 Å². The van der Waals surface area contributed by atoms with Crippen molar-refractivity contribution in [2.75, 3.05) is 13.1 Å². The molecule has 4 aliphatic rings. The molecule has 0 spiro atoms. The second-order valence-corrected chi connectivity index (χ2v) is 15.3. The number of Topliss-reactive ketones (excluding diaryl/α,β-unsaturated/α-hetero) is 1. The van der Waals surface area contributed by atoms with E-state index in [1.807, 2.05) is 27.7 Å². The molecule has 49 heavy (non-hydrogen) atoms. The van der Waals surface area contributed by atoms with E-state index in [2.05, 4.69) is 31.6 Å². The normalized spacial score (nSPS) is 24.2. The van der Waals surface area contributed by atoms with Crippen LogP contribution < -0.4 is 26.6 Å². The van der Waals surface area contributed by atoms with Crippen molar-refractivity contribution in [1.82, 2.24) is 36.5 Å². The van der Waals surface area contributed by atoms with Crippen molar-refractivity contribution in [2.24, 2.45) is 17.3 Å². The summed E-state index contributed by atoms with van der Waals surface area (Å²) in [5, 5.41) is 14.8. The number of nitrogens with one attached hydrogen (secondary N) is 5. The Morgan fingerprint density at radius 2 is 1.69 bits per heavy atom. The first kappa shape index (κ1) is 36.4. The number of nitrogens with zero attached hydrogens (tertiary/aromatic N) is 2. The molecular formula is C36H53N7O6. The number of ketones is 1. The first-order chi connectivity index (χ1) is 23.4. The van der Waals surface area contributed by atoms with Crippen molar-refractivity contribution in [3.8, 4) is 0 Å². The van der Waals surface area contributed by atoms with Gasteiger partial charge < -0.3 is 31.5 Å². The zero-order valence-corrected chi connectivity index (χ0v) is 29.3. The molecule has 0 unspecified atom stereocenters. The molecular weight excluding hydrogens is 626 g/mol. The van der Waals surface area contributed by atoms with Gasteiger partial charge in [-0.3, -0.25) is 33.8 Å². The van der Waals surface area contributed by atoms with Gasteiger partial charge in [0.1, 0.15) is 23.8 Å². The van der Waals surface area contributed by atoms with E-state index >= 15 is 0 Å². The van der Waals surface area contributed by atoms with Gasteiger partial charge in [-0.2, -0.15) is 0 Å². The molecule has 2 saturated heterocycles. The first-order valence-corrected chi connectivity index (χ1v) is 18.1. The Balaban J connectivity index is 1.36. The maximum Gasteiger partial charge on any atom is 0.289 e. The van der Waals surface area contributed by atoms with Crippen molar-refractivity contribution in [3.63, 3.8) is 0 Å². The number of pyridine rings is 1. The number of hydrogen-bond donors (Lipinski definition) is 5. The number of likely N-dealkylation sites (tertiary alicyclic amines) is 1. The smallest absolute Gasteiger partial charge is 0.289 e. The van der Waals surface area contributed by atoms with Gasteiger partial charge in [0.2, 0.25) is 23.5 Å². The zero-order valence-electron chi connectivity index (χ0n) is 29.3. The van der Waals surface area contributed by atoms with Crippen LogP contribution in [-0.2, 0) is 24.0 Å². The predicted molar refractivity (Wildman–Crippen MR) is 182 cm³/mol. The maximum atomic E-state index is 14.6. The molecule has 5 rings (SSSR count). The van der Waals surface area contributed by atoms with Crippen LogP contribution in [0.2, 0.25) is 0 Å². The molecule has 1 aromatic rings. The molecule has 268 valence electrons. The van der Waals surface area contributed by atoms with Crippen LogP contribution in [-0.4, -0.2) is 94.5 Å². The summed E-state index contributed by atoms with van der Waals surface area (Å²) in [4.78, 5) is 87.4. The van der Waals surface area contributed by atoms with Gasteiger partial charge in [-0.25, -0.2) is 0 Å². The lowest BCUT2D eigenvalue weighted by Gasteiger charge is -2.38. The lowest BCUT2D eigenvalue weighted by Crippen LogP contribution is -2.63. The quantitative estimate of drug-likeness (QED) is 0.195. The molecule has 5 N–H and O–H groups in total. The van der Waals surface area contributed by atoms with Crippen LogP contribution in [0, 0.1) is 17.3 Å². The van der Waals surface area contributed by atoms with Crippen molar-refractivity contribution >= 4 is 35.3 Å². The number of hydrogen-bond acceptors (Lipinski definition) is 8. The molecule has 13 nitrogen and oxygen atoms in total. The molecule has 2 aliphatic heterocycles. The summed E-state index contributed by atoms with van der Waals surface area (Å²) in [7, 11) is 0. The number of amides is 5.